The molecule has 0 saturated carbocycles. The fourth-order valence-corrected chi connectivity index (χ4v) is 5.28. The average molecular weight is 328 g/mol. The van der Waals surface area contributed by atoms with Crippen molar-refractivity contribution >= 4 is 21.4 Å². The van der Waals surface area contributed by atoms with Crippen molar-refractivity contribution in [3.63, 3.8) is 0 Å². The number of nitrogens with zero attached hydrogens (tertiary/aromatic N) is 1. The van der Waals surface area contributed by atoms with E-state index < -0.39 is 10.0 Å². The predicted molar refractivity (Wildman–Crippen MR) is 83.8 cm³/mol. The van der Waals surface area contributed by atoms with Crippen molar-refractivity contribution in [2.24, 2.45) is 0 Å². The van der Waals surface area contributed by atoms with Crippen molar-refractivity contribution in [2.45, 2.75) is 37.8 Å². The first-order valence-electron chi connectivity index (χ1n) is 6.72. The second-order valence-corrected chi connectivity index (χ2v) is 7.37. The second kappa shape index (κ2) is 6.69. The third-order valence-corrected chi connectivity index (χ3v) is 6.08. The van der Waals surface area contributed by atoms with E-state index in [4.69, 9.17) is 0 Å². The summed E-state index contributed by atoms with van der Waals surface area (Å²) in [5, 5.41) is 4.87. The predicted octanol–water partition coefficient (Wildman–Crippen LogP) is 1.93. The normalized spacial score (nSPS) is 13.5. The molecule has 2 aromatic heterocycles. The van der Waals surface area contributed by atoms with Crippen LogP contribution in [-0.4, -0.2) is 25.4 Å². The van der Waals surface area contributed by atoms with Crippen molar-refractivity contribution in [1.82, 2.24) is 20.0 Å². The minimum Gasteiger partial charge on any atom is -0.347 e. The van der Waals surface area contributed by atoms with E-state index in [9.17, 15) is 8.42 Å². The molecule has 0 aliphatic carbocycles. The van der Waals surface area contributed by atoms with Gasteiger partial charge in [0.25, 0.3) is 0 Å². The molecule has 2 aromatic rings. The summed E-state index contributed by atoms with van der Waals surface area (Å²) in [5.41, 5.74) is 0.770. The molecule has 116 valence electrons. The van der Waals surface area contributed by atoms with Gasteiger partial charge in [0, 0.05) is 23.8 Å². The Labute approximate surface area is 129 Å². The lowest BCUT2D eigenvalue weighted by Crippen LogP contribution is -2.30. The first-order chi connectivity index (χ1) is 9.99. The Hall–Kier alpha value is -1.22. The number of nitrogens with one attached hydrogen (secondary N) is 3. The topological polar surface area (TPSA) is 86.9 Å². The van der Waals surface area contributed by atoms with Crippen LogP contribution < -0.4 is 10.0 Å². The summed E-state index contributed by atoms with van der Waals surface area (Å²) in [6.07, 6.45) is 3.93. The minimum absolute atomic E-state index is 0.355. The zero-order chi connectivity index (χ0) is 15.5. The Morgan fingerprint density at radius 3 is 2.81 bits per heavy atom. The molecule has 0 radical (unpaired) electrons. The third kappa shape index (κ3) is 3.52. The molecule has 1 unspecified atom stereocenters. The number of aryl methyl sites for hydroxylation is 1. The molecule has 2 heterocycles. The van der Waals surface area contributed by atoms with E-state index in [0.717, 1.165) is 10.4 Å². The quantitative estimate of drug-likeness (QED) is 0.725. The molecule has 0 spiro atoms. The van der Waals surface area contributed by atoms with E-state index >= 15 is 0 Å². The second-order valence-electron chi connectivity index (χ2n) is 4.76. The maximum absolute atomic E-state index is 12.7. The number of aromatic nitrogens is 2. The number of hydrogen-bond acceptors (Lipinski definition) is 5. The minimum atomic E-state index is -3.58. The van der Waals surface area contributed by atoms with E-state index in [0.29, 0.717) is 23.7 Å². The molecule has 1 atom stereocenters. The summed E-state index contributed by atoms with van der Waals surface area (Å²) in [5.74, 6) is 0.629. The lowest BCUT2D eigenvalue weighted by molar-refractivity contribution is 0.538. The van der Waals surface area contributed by atoms with Crippen molar-refractivity contribution in [1.29, 1.82) is 0 Å². The van der Waals surface area contributed by atoms with Crippen LogP contribution >= 0.6 is 11.3 Å². The van der Waals surface area contributed by atoms with E-state index in [1.54, 1.807) is 19.4 Å². The number of rotatable bonds is 7. The summed E-state index contributed by atoms with van der Waals surface area (Å²) in [4.78, 5) is 8.30. The van der Waals surface area contributed by atoms with E-state index in [2.05, 4.69) is 20.0 Å². The fourth-order valence-electron chi connectivity index (χ4n) is 2.18. The van der Waals surface area contributed by atoms with Crippen molar-refractivity contribution in [3.8, 4) is 0 Å². The number of hydrogen-bond donors (Lipinski definition) is 3. The molecule has 0 fully saturated rings. The van der Waals surface area contributed by atoms with Gasteiger partial charge in [0.2, 0.25) is 10.0 Å². The van der Waals surface area contributed by atoms with Gasteiger partial charge in [0.15, 0.2) is 0 Å². The number of imidazole rings is 1. The summed E-state index contributed by atoms with van der Waals surface area (Å²) < 4.78 is 28.1. The van der Waals surface area contributed by atoms with Crippen LogP contribution in [0, 0.1) is 6.92 Å². The number of sulfonamides is 1. The maximum atomic E-state index is 12.7. The van der Waals surface area contributed by atoms with Crippen LogP contribution in [0.1, 0.15) is 35.7 Å². The fraction of sp³-hybridized carbons (Fsp3) is 0.462. The van der Waals surface area contributed by atoms with Crippen LogP contribution in [0.15, 0.2) is 22.7 Å². The zero-order valence-electron chi connectivity index (χ0n) is 12.3. The van der Waals surface area contributed by atoms with Crippen molar-refractivity contribution in [3.05, 3.63) is 34.0 Å². The van der Waals surface area contributed by atoms with Crippen LogP contribution in [-0.2, 0) is 16.6 Å². The van der Waals surface area contributed by atoms with Crippen LogP contribution in [0.3, 0.4) is 0 Å². The Balaban J connectivity index is 2.32. The molecule has 0 aliphatic rings. The summed E-state index contributed by atoms with van der Waals surface area (Å²) in [7, 11) is -1.78. The van der Waals surface area contributed by atoms with Gasteiger partial charge >= 0.3 is 0 Å². The standard InChI is InChI=1S/C13H20N4O2S2/c1-4-10(13-15-5-6-16-13)17-21(18,19)12-9(2)8-20-11(12)7-14-3/h5-6,8,10,14,17H,4,7H2,1-3H3,(H,15,16). The molecule has 0 saturated heterocycles. The zero-order valence-corrected chi connectivity index (χ0v) is 13.9. The van der Waals surface area contributed by atoms with Gasteiger partial charge in [-0.2, -0.15) is 0 Å². The van der Waals surface area contributed by atoms with E-state index in [1.807, 2.05) is 19.2 Å². The molecule has 0 bridgehead atoms. The van der Waals surface area contributed by atoms with Crippen LogP contribution in [0.25, 0.3) is 0 Å². The smallest absolute Gasteiger partial charge is 0.242 e. The molecule has 2 rings (SSSR count). The SMILES string of the molecule is CCC(NS(=O)(=O)c1c(C)csc1CNC)c1ncc[nH]1. The highest BCUT2D eigenvalue weighted by molar-refractivity contribution is 7.89. The molecule has 8 heteroatoms. The van der Waals surface area contributed by atoms with Gasteiger partial charge in [0.05, 0.1) is 6.04 Å². The van der Waals surface area contributed by atoms with Gasteiger partial charge in [-0.3, -0.25) is 0 Å². The van der Waals surface area contributed by atoms with Crippen LogP contribution in [0.5, 0.6) is 0 Å². The van der Waals surface area contributed by atoms with Gasteiger partial charge < -0.3 is 10.3 Å². The number of thiophene rings is 1. The van der Waals surface area contributed by atoms with Gasteiger partial charge in [-0.05, 0) is 31.3 Å². The Kier molecular flexibility index (Phi) is 5.15. The Morgan fingerprint density at radius 1 is 1.48 bits per heavy atom. The molecule has 6 nitrogen and oxygen atoms in total. The molecule has 0 aliphatic heterocycles. The van der Waals surface area contributed by atoms with Gasteiger partial charge in [-0.1, -0.05) is 6.92 Å². The lowest BCUT2D eigenvalue weighted by atomic mass is 10.2. The summed E-state index contributed by atoms with van der Waals surface area (Å²) in [6.45, 7) is 4.27. The molecule has 0 aromatic carbocycles. The third-order valence-electron chi connectivity index (χ3n) is 3.15. The van der Waals surface area contributed by atoms with Gasteiger partial charge in [0.1, 0.15) is 10.7 Å². The summed E-state index contributed by atoms with van der Waals surface area (Å²) >= 11 is 1.45. The highest BCUT2D eigenvalue weighted by Crippen LogP contribution is 2.28. The largest absolute Gasteiger partial charge is 0.347 e. The van der Waals surface area contributed by atoms with Gasteiger partial charge in [-0.15, -0.1) is 11.3 Å². The van der Waals surface area contributed by atoms with E-state index in [1.165, 1.54) is 11.3 Å². The molecule has 21 heavy (non-hydrogen) atoms. The molecule has 0 amide bonds. The Morgan fingerprint density at radius 2 is 2.24 bits per heavy atom. The number of aromatic amines is 1. The van der Waals surface area contributed by atoms with Crippen molar-refractivity contribution in [2.75, 3.05) is 7.05 Å². The first-order valence-corrected chi connectivity index (χ1v) is 9.09. The highest BCUT2D eigenvalue weighted by atomic mass is 32.2. The van der Waals surface area contributed by atoms with E-state index in [-0.39, 0.29) is 6.04 Å². The van der Waals surface area contributed by atoms with Crippen LogP contribution in [0.2, 0.25) is 0 Å². The number of H-pyrrole nitrogens is 1. The van der Waals surface area contributed by atoms with Crippen LogP contribution in [0.4, 0.5) is 0 Å². The van der Waals surface area contributed by atoms with Gasteiger partial charge in [-0.25, -0.2) is 18.1 Å². The maximum Gasteiger partial charge on any atom is 0.242 e. The lowest BCUT2D eigenvalue weighted by Gasteiger charge is -2.16. The molecular formula is C13H20N4O2S2. The molecule has 3 N–H and O–H groups in total. The highest BCUT2D eigenvalue weighted by Gasteiger charge is 2.26. The average Bonchev–Trinajstić information content (AvgIpc) is 3.07. The monoisotopic (exact) mass is 328 g/mol. The molecular weight excluding hydrogens is 308 g/mol. The Bertz CT molecular complexity index is 677. The van der Waals surface area contributed by atoms with Crippen molar-refractivity contribution < 1.29 is 8.42 Å². The first kappa shape index (κ1) is 16.2. The summed E-state index contributed by atoms with van der Waals surface area (Å²) in [6, 6.07) is -0.355.